The van der Waals surface area contributed by atoms with Gasteiger partial charge in [-0.1, -0.05) is 43.6 Å². The molecule has 1 fully saturated rings. The van der Waals surface area contributed by atoms with Gasteiger partial charge in [-0.25, -0.2) is 0 Å². The molecule has 0 heterocycles. The number of thiocarbonyl (C=S) groups is 1. The molecule has 0 amide bonds. The van der Waals surface area contributed by atoms with E-state index in [2.05, 4.69) is 18.9 Å². The maximum atomic E-state index is 6.04. The van der Waals surface area contributed by atoms with Crippen molar-refractivity contribution in [3.63, 3.8) is 0 Å². The number of nitrogens with zero attached hydrogens (tertiary/aromatic N) is 1. The zero-order chi connectivity index (χ0) is 14.0. The fourth-order valence-corrected chi connectivity index (χ4v) is 3.30. The van der Waals surface area contributed by atoms with E-state index in [-0.39, 0.29) is 0 Å². The van der Waals surface area contributed by atoms with Crippen LogP contribution in [-0.2, 0) is 0 Å². The molecule has 0 bridgehead atoms. The van der Waals surface area contributed by atoms with Crippen LogP contribution < -0.4 is 10.6 Å². The molecule has 1 saturated carbocycles. The van der Waals surface area contributed by atoms with Gasteiger partial charge in [-0.05, 0) is 37.0 Å². The van der Waals surface area contributed by atoms with Crippen molar-refractivity contribution in [3.8, 4) is 0 Å². The smallest absolute Gasteiger partial charge is 0.106 e. The zero-order valence-electron chi connectivity index (χ0n) is 11.5. The Balaban J connectivity index is 2.27. The third kappa shape index (κ3) is 3.40. The summed E-state index contributed by atoms with van der Waals surface area (Å²) in [5.74, 6) is 0.793. The Kier molecular flexibility index (Phi) is 4.69. The molecule has 0 saturated heterocycles. The Morgan fingerprint density at radius 3 is 2.79 bits per heavy atom. The van der Waals surface area contributed by atoms with Crippen LogP contribution in [0.15, 0.2) is 18.2 Å². The van der Waals surface area contributed by atoms with Crippen LogP contribution in [0.25, 0.3) is 0 Å². The molecule has 2 atom stereocenters. The van der Waals surface area contributed by atoms with Gasteiger partial charge in [0, 0.05) is 29.4 Å². The van der Waals surface area contributed by atoms with Gasteiger partial charge in [0.15, 0.2) is 0 Å². The lowest BCUT2D eigenvalue weighted by Gasteiger charge is -2.36. The fourth-order valence-electron chi connectivity index (χ4n) is 2.96. The summed E-state index contributed by atoms with van der Waals surface area (Å²) in [7, 11) is 2.13. The molecule has 0 aliphatic heterocycles. The van der Waals surface area contributed by atoms with Crippen LogP contribution in [0.4, 0.5) is 5.69 Å². The summed E-state index contributed by atoms with van der Waals surface area (Å²) in [6, 6.07) is 6.36. The minimum Gasteiger partial charge on any atom is -0.389 e. The first kappa shape index (κ1) is 14.6. The quantitative estimate of drug-likeness (QED) is 0.855. The van der Waals surface area contributed by atoms with E-state index in [1.807, 2.05) is 18.2 Å². The van der Waals surface area contributed by atoms with Crippen molar-refractivity contribution in [1.29, 1.82) is 0 Å². The SMILES string of the molecule is CC1CCCC(N(C)c2ccc(Cl)cc2C(N)=S)C1. The summed E-state index contributed by atoms with van der Waals surface area (Å²) in [6.07, 6.45) is 5.11. The predicted molar refractivity (Wildman–Crippen MR) is 87.2 cm³/mol. The summed E-state index contributed by atoms with van der Waals surface area (Å²) in [5.41, 5.74) is 7.80. The number of hydrogen-bond acceptors (Lipinski definition) is 2. The van der Waals surface area contributed by atoms with Gasteiger partial charge in [0.05, 0.1) is 0 Å². The number of rotatable bonds is 3. The van der Waals surface area contributed by atoms with Crippen molar-refractivity contribution in [2.45, 2.75) is 38.6 Å². The highest BCUT2D eigenvalue weighted by Gasteiger charge is 2.24. The van der Waals surface area contributed by atoms with Crippen LogP contribution in [0.2, 0.25) is 5.02 Å². The summed E-state index contributed by atoms with van der Waals surface area (Å²) in [4.78, 5) is 2.73. The molecule has 2 rings (SSSR count). The largest absolute Gasteiger partial charge is 0.389 e. The molecule has 1 aliphatic carbocycles. The zero-order valence-corrected chi connectivity index (χ0v) is 13.1. The predicted octanol–water partition coefficient (Wildman–Crippen LogP) is 3.99. The van der Waals surface area contributed by atoms with Crippen LogP contribution in [0.3, 0.4) is 0 Å². The Bertz CT molecular complexity index is 475. The van der Waals surface area contributed by atoms with Crippen LogP contribution >= 0.6 is 23.8 Å². The number of hydrogen-bond donors (Lipinski definition) is 1. The number of benzene rings is 1. The van der Waals surface area contributed by atoms with E-state index in [4.69, 9.17) is 29.6 Å². The van der Waals surface area contributed by atoms with Crippen molar-refractivity contribution < 1.29 is 0 Å². The van der Waals surface area contributed by atoms with Crippen molar-refractivity contribution in [2.75, 3.05) is 11.9 Å². The molecule has 0 spiro atoms. The lowest BCUT2D eigenvalue weighted by atomic mass is 9.86. The Morgan fingerprint density at radius 2 is 2.16 bits per heavy atom. The van der Waals surface area contributed by atoms with Gasteiger partial charge in [-0.2, -0.15) is 0 Å². The van der Waals surface area contributed by atoms with Crippen molar-refractivity contribution in [2.24, 2.45) is 11.7 Å². The monoisotopic (exact) mass is 296 g/mol. The molecule has 0 aromatic heterocycles. The van der Waals surface area contributed by atoms with Gasteiger partial charge in [-0.15, -0.1) is 0 Å². The maximum Gasteiger partial charge on any atom is 0.106 e. The average molecular weight is 297 g/mol. The summed E-state index contributed by atoms with van der Waals surface area (Å²) < 4.78 is 0. The molecule has 1 aliphatic rings. The van der Waals surface area contributed by atoms with E-state index >= 15 is 0 Å². The summed E-state index contributed by atoms with van der Waals surface area (Å²) in [6.45, 7) is 2.33. The second-order valence-corrected chi connectivity index (χ2v) is 6.44. The Labute approximate surface area is 125 Å². The van der Waals surface area contributed by atoms with E-state index < -0.39 is 0 Å². The molecular formula is C15H21ClN2S. The van der Waals surface area contributed by atoms with Crippen molar-refractivity contribution in [1.82, 2.24) is 0 Å². The highest BCUT2D eigenvalue weighted by Crippen LogP contribution is 2.32. The number of nitrogens with two attached hydrogens (primary N) is 1. The normalized spacial score (nSPS) is 23.1. The minimum absolute atomic E-state index is 0.410. The highest BCUT2D eigenvalue weighted by molar-refractivity contribution is 7.80. The topological polar surface area (TPSA) is 29.3 Å². The first-order valence-corrected chi connectivity index (χ1v) is 7.60. The number of anilines is 1. The average Bonchev–Trinajstić information content (AvgIpc) is 2.37. The standard InChI is InChI=1S/C15H21ClN2S/c1-10-4-3-5-12(8-10)18(2)14-7-6-11(16)9-13(14)15(17)19/h6-7,9-10,12H,3-5,8H2,1-2H3,(H2,17,19). The second-order valence-electron chi connectivity index (χ2n) is 5.56. The maximum absolute atomic E-state index is 6.04. The Morgan fingerprint density at radius 1 is 1.42 bits per heavy atom. The molecule has 2 nitrogen and oxygen atoms in total. The van der Waals surface area contributed by atoms with Crippen LogP contribution in [0.1, 0.15) is 38.2 Å². The fraction of sp³-hybridized carbons (Fsp3) is 0.533. The summed E-state index contributed by atoms with van der Waals surface area (Å²) in [5, 5.41) is 0.678. The number of halogens is 1. The molecule has 2 N–H and O–H groups in total. The van der Waals surface area contributed by atoms with Crippen LogP contribution in [0, 0.1) is 5.92 Å². The van der Waals surface area contributed by atoms with Crippen LogP contribution in [-0.4, -0.2) is 18.1 Å². The van der Waals surface area contributed by atoms with E-state index in [9.17, 15) is 0 Å². The van der Waals surface area contributed by atoms with Gasteiger partial charge in [0.25, 0.3) is 0 Å². The molecule has 0 radical (unpaired) electrons. The third-order valence-corrected chi connectivity index (χ3v) is 4.52. The molecule has 19 heavy (non-hydrogen) atoms. The van der Waals surface area contributed by atoms with E-state index in [0.29, 0.717) is 16.1 Å². The first-order chi connectivity index (χ1) is 8.99. The highest BCUT2D eigenvalue weighted by atomic mass is 35.5. The lowest BCUT2D eigenvalue weighted by Crippen LogP contribution is -2.36. The first-order valence-electron chi connectivity index (χ1n) is 6.81. The molecule has 2 unspecified atom stereocenters. The van der Waals surface area contributed by atoms with Crippen molar-refractivity contribution in [3.05, 3.63) is 28.8 Å². The molecule has 4 heteroatoms. The van der Waals surface area contributed by atoms with Gasteiger partial charge in [-0.3, -0.25) is 0 Å². The molecular weight excluding hydrogens is 276 g/mol. The van der Waals surface area contributed by atoms with Gasteiger partial charge < -0.3 is 10.6 Å². The van der Waals surface area contributed by atoms with Gasteiger partial charge in [0.2, 0.25) is 0 Å². The van der Waals surface area contributed by atoms with Crippen molar-refractivity contribution >= 4 is 34.5 Å². The molecule has 1 aromatic rings. The minimum atomic E-state index is 0.410. The van der Waals surface area contributed by atoms with Gasteiger partial charge >= 0.3 is 0 Å². The van der Waals surface area contributed by atoms with E-state index in [0.717, 1.165) is 17.2 Å². The summed E-state index contributed by atoms with van der Waals surface area (Å²) >= 11 is 11.2. The lowest BCUT2D eigenvalue weighted by molar-refractivity contribution is 0.336. The third-order valence-electron chi connectivity index (χ3n) is 4.06. The van der Waals surface area contributed by atoms with Crippen LogP contribution in [0.5, 0.6) is 0 Å². The van der Waals surface area contributed by atoms with E-state index in [1.54, 1.807) is 0 Å². The van der Waals surface area contributed by atoms with E-state index in [1.165, 1.54) is 25.7 Å². The molecule has 1 aromatic carbocycles. The Hall–Kier alpha value is -0.800. The second kappa shape index (κ2) is 6.10. The van der Waals surface area contributed by atoms with Gasteiger partial charge in [0.1, 0.15) is 4.99 Å². The molecule has 104 valence electrons.